The standard InChI is InChI=1S/C31H38F3N5O5/c1-19-9-11-21(12-10-19)16-36-28(42)25(38-29(43)26(20(2)40)37-18-31(32,33)34)17-44-24-8-6-7-22(14-24)13-23(15-35)27(41)39-30(3,4)5/h6-14,20,25-26,37,40H,16-18H2,1-5H3,(H,36,42)(H,38,43)(H,39,41). The van der Waals surface area contributed by atoms with E-state index in [1.165, 1.54) is 12.1 Å². The third-order valence-electron chi connectivity index (χ3n) is 5.95. The van der Waals surface area contributed by atoms with E-state index in [2.05, 4.69) is 16.0 Å². The Morgan fingerprint density at radius 1 is 1.07 bits per heavy atom. The lowest BCUT2D eigenvalue weighted by atomic mass is 10.1. The number of rotatable bonds is 13. The van der Waals surface area contributed by atoms with Gasteiger partial charge in [0.25, 0.3) is 5.91 Å². The van der Waals surface area contributed by atoms with Gasteiger partial charge in [0.15, 0.2) is 0 Å². The van der Waals surface area contributed by atoms with Gasteiger partial charge >= 0.3 is 6.18 Å². The first-order valence-corrected chi connectivity index (χ1v) is 13.8. The third-order valence-corrected chi connectivity index (χ3v) is 5.95. The summed E-state index contributed by atoms with van der Waals surface area (Å²) in [6.45, 7) is 6.51. The molecule has 2 aromatic rings. The molecule has 0 spiro atoms. The molecule has 5 N–H and O–H groups in total. The lowest BCUT2D eigenvalue weighted by Crippen LogP contribution is -2.58. The van der Waals surface area contributed by atoms with Crippen LogP contribution in [0, 0.1) is 18.3 Å². The molecule has 3 unspecified atom stereocenters. The molecular formula is C31H38F3N5O5. The van der Waals surface area contributed by atoms with Gasteiger partial charge in [0.2, 0.25) is 11.8 Å². The molecule has 0 saturated heterocycles. The molecule has 44 heavy (non-hydrogen) atoms. The minimum absolute atomic E-state index is 0.103. The maximum atomic E-state index is 13.1. The van der Waals surface area contributed by atoms with Crippen molar-refractivity contribution in [2.45, 2.75) is 71.1 Å². The van der Waals surface area contributed by atoms with Crippen molar-refractivity contribution >= 4 is 23.8 Å². The summed E-state index contributed by atoms with van der Waals surface area (Å²) in [5, 5.41) is 29.2. The van der Waals surface area contributed by atoms with Crippen molar-refractivity contribution in [1.82, 2.24) is 21.3 Å². The summed E-state index contributed by atoms with van der Waals surface area (Å²) in [4.78, 5) is 38.5. The first-order valence-electron chi connectivity index (χ1n) is 13.8. The van der Waals surface area contributed by atoms with Crippen LogP contribution in [0.15, 0.2) is 54.1 Å². The molecule has 0 aliphatic heterocycles. The second-order valence-electron chi connectivity index (χ2n) is 11.2. The highest BCUT2D eigenvalue weighted by atomic mass is 19.4. The molecular weight excluding hydrogens is 579 g/mol. The highest BCUT2D eigenvalue weighted by Gasteiger charge is 2.34. The van der Waals surface area contributed by atoms with E-state index in [0.29, 0.717) is 5.56 Å². The number of alkyl halides is 3. The van der Waals surface area contributed by atoms with Crippen molar-refractivity contribution in [2.24, 2.45) is 0 Å². The summed E-state index contributed by atoms with van der Waals surface area (Å²) < 4.78 is 44.1. The Morgan fingerprint density at radius 2 is 1.73 bits per heavy atom. The summed E-state index contributed by atoms with van der Waals surface area (Å²) in [5.74, 6) is -2.06. The number of aliphatic hydroxyl groups excluding tert-OH is 1. The average Bonchev–Trinajstić information content (AvgIpc) is 2.92. The minimum atomic E-state index is -4.64. The van der Waals surface area contributed by atoms with Crippen molar-refractivity contribution in [3.8, 4) is 11.8 Å². The predicted molar refractivity (Wildman–Crippen MR) is 158 cm³/mol. The summed E-state index contributed by atoms with van der Waals surface area (Å²) in [6, 6.07) is 12.4. The van der Waals surface area contributed by atoms with Crippen LogP contribution in [0.4, 0.5) is 13.2 Å². The van der Waals surface area contributed by atoms with Crippen molar-refractivity contribution in [2.75, 3.05) is 13.2 Å². The quantitative estimate of drug-likeness (QED) is 0.171. The number of halogens is 3. The van der Waals surface area contributed by atoms with Gasteiger partial charge in [-0.2, -0.15) is 18.4 Å². The third kappa shape index (κ3) is 12.8. The SMILES string of the molecule is Cc1ccc(CNC(=O)C(COc2cccc(C=C(C#N)C(=O)NC(C)(C)C)c2)NC(=O)C(NCC(F)(F)F)C(C)O)cc1. The number of amides is 3. The Balaban J connectivity index is 2.24. The molecule has 2 rings (SSSR count). The van der Waals surface area contributed by atoms with Gasteiger partial charge in [-0.3, -0.25) is 19.7 Å². The number of aryl methyl sites for hydroxylation is 1. The Morgan fingerprint density at radius 3 is 2.30 bits per heavy atom. The number of carbonyl (C=O) groups is 3. The van der Waals surface area contributed by atoms with Gasteiger partial charge in [-0.25, -0.2) is 0 Å². The average molecular weight is 618 g/mol. The summed E-state index contributed by atoms with van der Waals surface area (Å²) >= 11 is 0. The van der Waals surface area contributed by atoms with E-state index in [1.807, 2.05) is 30.4 Å². The fourth-order valence-electron chi connectivity index (χ4n) is 3.77. The first kappa shape index (κ1) is 35.8. The zero-order valence-corrected chi connectivity index (χ0v) is 25.2. The van der Waals surface area contributed by atoms with Gasteiger partial charge in [-0.05, 0) is 64.0 Å². The molecule has 10 nitrogen and oxygen atoms in total. The maximum absolute atomic E-state index is 13.1. The predicted octanol–water partition coefficient (Wildman–Crippen LogP) is 2.90. The normalized spacial score (nSPS) is 14.0. The van der Waals surface area contributed by atoms with Crippen LogP contribution in [0.2, 0.25) is 0 Å². The summed E-state index contributed by atoms with van der Waals surface area (Å²) in [5.41, 5.74) is 1.52. The topological polar surface area (TPSA) is 153 Å². The number of nitrogens with zero attached hydrogens (tertiary/aromatic N) is 1. The molecule has 0 aromatic heterocycles. The van der Waals surface area contributed by atoms with Crippen LogP contribution in [0.1, 0.15) is 44.4 Å². The lowest BCUT2D eigenvalue weighted by molar-refractivity contribution is -0.138. The molecule has 0 radical (unpaired) electrons. The second-order valence-corrected chi connectivity index (χ2v) is 11.2. The fraction of sp³-hybridized carbons (Fsp3) is 0.419. The van der Waals surface area contributed by atoms with Crippen LogP contribution in [-0.4, -0.2) is 65.9 Å². The van der Waals surface area contributed by atoms with Crippen LogP contribution < -0.4 is 26.0 Å². The van der Waals surface area contributed by atoms with Crippen LogP contribution >= 0.6 is 0 Å². The molecule has 3 amide bonds. The van der Waals surface area contributed by atoms with Crippen LogP contribution in [0.5, 0.6) is 5.75 Å². The highest BCUT2D eigenvalue weighted by Crippen LogP contribution is 2.17. The van der Waals surface area contributed by atoms with Gasteiger partial charge in [0.05, 0.1) is 12.6 Å². The Labute approximate surface area is 254 Å². The molecule has 2 aromatic carbocycles. The Kier molecular flexibility index (Phi) is 12.9. The molecule has 0 aliphatic rings. The van der Waals surface area contributed by atoms with Crippen molar-refractivity contribution in [1.29, 1.82) is 5.26 Å². The van der Waals surface area contributed by atoms with E-state index in [-0.39, 0.29) is 17.9 Å². The van der Waals surface area contributed by atoms with Gasteiger partial charge in [0, 0.05) is 12.1 Å². The largest absolute Gasteiger partial charge is 0.491 e. The van der Waals surface area contributed by atoms with Gasteiger partial charge < -0.3 is 25.8 Å². The van der Waals surface area contributed by atoms with Crippen molar-refractivity contribution < 1.29 is 37.4 Å². The van der Waals surface area contributed by atoms with E-state index in [0.717, 1.165) is 18.1 Å². The number of ether oxygens (including phenoxy) is 1. The molecule has 0 fully saturated rings. The summed E-state index contributed by atoms with van der Waals surface area (Å²) in [7, 11) is 0. The number of hydrogen-bond donors (Lipinski definition) is 5. The zero-order valence-electron chi connectivity index (χ0n) is 25.2. The number of hydrogen-bond acceptors (Lipinski definition) is 7. The van der Waals surface area contributed by atoms with Crippen LogP contribution in [-0.2, 0) is 20.9 Å². The Hall–Kier alpha value is -4.41. The monoisotopic (exact) mass is 617 g/mol. The summed E-state index contributed by atoms with van der Waals surface area (Å²) in [6.07, 6.45) is -4.79. The number of carbonyl (C=O) groups excluding carboxylic acids is 3. The Bertz CT molecular complexity index is 1360. The molecule has 3 atom stereocenters. The molecule has 0 saturated carbocycles. The molecule has 13 heteroatoms. The molecule has 0 aliphatic carbocycles. The van der Waals surface area contributed by atoms with E-state index in [9.17, 15) is 37.9 Å². The maximum Gasteiger partial charge on any atom is 0.401 e. The van der Waals surface area contributed by atoms with Crippen LogP contribution in [0.25, 0.3) is 6.08 Å². The smallest absolute Gasteiger partial charge is 0.401 e. The number of benzene rings is 2. The second kappa shape index (κ2) is 15.9. The number of aliphatic hydroxyl groups is 1. The minimum Gasteiger partial charge on any atom is -0.491 e. The lowest BCUT2D eigenvalue weighted by Gasteiger charge is -2.25. The zero-order chi connectivity index (χ0) is 33.1. The van der Waals surface area contributed by atoms with Crippen LogP contribution in [0.3, 0.4) is 0 Å². The van der Waals surface area contributed by atoms with Gasteiger partial charge in [0.1, 0.15) is 36.1 Å². The van der Waals surface area contributed by atoms with Gasteiger partial charge in [-0.15, -0.1) is 0 Å². The first-order chi connectivity index (χ1) is 20.5. The fourth-order valence-corrected chi connectivity index (χ4v) is 3.77. The van der Waals surface area contributed by atoms with Crippen molar-refractivity contribution in [3.63, 3.8) is 0 Å². The molecule has 0 bridgehead atoms. The number of nitriles is 1. The van der Waals surface area contributed by atoms with E-state index < -0.39 is 60.8 Å². The van der Waals surface area contributed by atoms with E-state index >= 15 is 0 Å². The van der Waals surface area contributed by atoms with E-state index in [1.54, 1.807) is 51.1 Å². The van der Waals surface area contributed by atoms with Gasteiger partial charge in [-0.1, -0.05) is 42.0 Å². The highest BCUT2D eigenvalue weighted by molar-refractivity contribution is 6.02. The number of nitrogens with one attached hydrogen (secondary N) is 4. The van der Waals surface area contributed by atoms with Crippen molar-refractivity contribution in [3.05, 3.63) is 70.8 Å². The molecule has 238 valence electrons. The molecule has 0 heterocycles. The van der Waals surface area contributed by atoms with E-state index in [4.69, 9.17) is 4.74 Å².